The van der Waals surface area contributed by atoms with Crippen molar-refractivity contribution < 1.29 is 31.1 Å². The van der Waals surface area contributed by atoms with Gasteiger partial charge in [0.05, 0.1) is 0 Å². The van der Waals surface area contributed by atoms with E-state index in [-0.39, 0.29) is 38.5 Å². The second-order valence-electron chi connectivity index (χ2n) is 0.905. The first-order valence-corrected chi connectivity index (χ1v) is 1.35. The maximum Gasteiger partial charge on any atom is 2.00 e. The van der Waals surface area contributed by atoms with Gasteiger partial charge >= 0.3 is 31.1 Å². The fraction of sp³-hybridized carbons (Fsp3) is 0.200. The van der Waals surface area contributed by atoms with E-state index in [0.717, 1.165) is 0 Å². The standard InChI is InChI=1S/C4H6N.CH3.U/c1-4(2)3-5;;/h5H,1H2,2H3;1H3;/q2*-1;+2. The molecule has 38 valence electrons. The van der Waals surface area contributed by atoms with Gasteiger partial charge < -0.3 is 12.8 Å². The van der Waals surface area contributed by atoms with Crippen molar-refractivity contribution in [2.75, 3.05) is 0 Å². The van der Waals surface area contributed by atoms with E-state index >= 15 is 0 Å². The minimum absolute atomic E-state index is 0. The summed E-state index contributed by atoms with van der Waals surface area (Å²) in [7, 11) is 0. The van der Waals surface area contributed by atoms with Gasteiger partial charge in [0.2, 0.25) is 0 Å². The summed E-state index contributed by atoms with van der Waals surface area (Å²) in [5.41, 5.74) is 0.671. The number of hydrogen-bond donors (Lipinski definition) is 1. The van der Waals surface area contributed by atoms with Crippen molar-refractivity contribution in [3.63, 3.8) is 0 Å². The number of nitrogens with one attached hydrogen (secondary N) is 1. The van der Waals surface area contributed by atoms with E-state index in [9.17, 15) is 0 Å². The maximum atomic E-state index is 6.31. The molecule has 1 N–H and O–H groups in total. The quantitative estimate of drug-likeness (QED) is 0.560. The Hall–Kier alpha value is 0.462. The average molecular weight is 321 g/mol. The second-order valence-corrected chi connectivity index (χ2v) is 0.905. The maximum absolute atomic E-state index is 6.31. The van der Waals surface area contributed by atoms with Crippen LogP contribution in [0, 0.1) is 43.9 Å². The summed E-state index contributed by atoms with van der Waals surface area (Å²) >= 11 is 0. The van der Waals surface area contributed by atoms with Crippen LogP contribution in [0.15, 0.2) is 12.2 Å². The van der Waals surface area contributed by atoms with Crippen LogP contribution in [0.3, 0.4) is 0 Å². The summed E-state index contributed by atoms with van der Waals surface area (Å²) in [5, 5.41) is 6.31. The largest absolute Gasteiger partial charge is 2.00 e. The molecule has 0 aromatic carbocycles. The van der Waals surface area contributed by atoms with E-state index in [0.29, 0.717) is 5.57 Å². The van der Waals surface area contributed by atoms with Gasteiger partial charge in [0.15, 0.2) is 0 Å². The Morgan fingerprint density at radius 3 is 1.86 bits per heavy atom. The van der Waals surface area contributed by atoms with Crippen molar-refractivity contribution in [1.82, 2.24) is 0 Å². The van der Waals surface area contributed by atoms with Gasteiger partial charge in [-0.3, -0.25) is 0 Å². The third kappa shape index (κ3) is 21.2. The van der Waals surface area contributed by atoms with E-state index in [1.165, 1.54) is 0 Å². The van der Waals surface area contributed by atoms with Crippen LogP contribution in [-0.4, -0.2) is 6.21 Å². The normalized spacial score (nSPS) is 4.71. The van der Waals surface area contributed by atoms with Crippen molar-refractivity contribution in [2.24, 2.45) is 0 Å². The van der Waals surface area contributed by atoms with Gasteiger partial charge in [-0.15, -0.1) is 0 Å². The Labute approximate surface area is 69.1 Å². The minimum Gasteiger partial charge on any atom is -0.412 e. The zero-order valence-corrected chi connectivity index (χ0v) is 8.87. The summed E-state index contributed by atoms with van der Waals surface area (Å²) in [6.45, 7) is 5.10. The number of allylic oxidation sites excluding steroid dienone is 1. The van der Waals surface area contributed by atoms with Crippen molar-refractivity contribution in [3.05, 3.63) is 19.6 Å². The average Bonchev–Trinajstić information content (AvgIpc) is 1.38. The Morgan fingerprint density at radius 2 is 1.86 bits per heavy atom. The van der Waals surface area contributed by atoms with Crippen LogP contribution >= 0.6 is 0 Å². The van der Waals surface area contributed by atoms with Crippen molar-refractivity contribution in [3.8, 4) is 0 Å². The van der Waals surface area contributed by atoms with Gasteiger partial charge in [-0.1, -0.05) is 6.92 Å². The molecular weight excluding hydrogens is 312 g/mol. The number of rotatable bonds is 1. The van der Waals surface area contributed by atoms with Gasteiger partial charge in [0.1, 0.15) is 0 Å². The Balaban J connectivity index is -0.0000000800. The fourth-order valence-corrected chi connectivity index (χ4v) is 0. The molecule has 2 heteroatoms. The van der Waals surface area contributed by atoms with Gasteiger partial charge in [-0.25, -0.2) is 12.2 Å². The molecule has 0 aliphatic carbocycles. The molecule has 1 nitrogen and oxygen atoms in total. The molecule has 0 saturated heterocycles. The minimum atomic E-state index is 0. The molecule has 0 aromatic heterocycles. The molecule has 0 aliphatic rings. The number of hydrogen-bond acceptors (Lipinski definition) is 1. The molecule has 0 radical (unpaired) electrons. The van der Waals surface area contributed by atoms with Crippen LogP contribution in [0.4, 0.5) is 0 Å². The third-order valence-corrected chi connectivity index (χ3v) is 0.213. The van der Waals surface area contributed by atoms with Crippen LogP contribution in [0.25, 0.3) is 0 Å². The van der Waals surface area contributed by atoms with Crippen LogP contribution < -0.4 is 0 Å². The van der Waals surface area contributed by atoms with Gasteiger partial charge in [0.25, 0.3) is 0 Å². The first-order chi connectivity index (χ1) is 2.27. The van der Waals surface area contributed by atoms with Crippen LogP contribution in [-0.2, 0) is 0 Å². The Bertz CT molecular complexity index is 59.1. The fourth-order valence-electron chi connectivity index (χ4n) is 0. The Morgan fingerprint density at radius 1 is 1.71 bits per heavy atom. The molecule has 0 saturated carbocycles. The molecule has 0 rings (SSSR count). The molecular formula is C5H9NU. The van der Waals surface area contributed by atoms with Crippen LogP contribution in [0.5, 0.6) is 0 Å². The predicted molar refractivity (Wildman–Crippen MR) is 29.0 cm³/mol. The first kappa shape index (κ1) is 15.7. The molecule has 0 aromatic rings. The van der Waals surface area contributed by atoms with E-state index in [2.05, 4.69) is 12.8 Å². The first-order valence-electron chi connectivity index (χ1n) is 1.35. The summed E-state index contributed by atoms with van der Waals surface area (Å²) in [4.78, 5) is 0. The molecule has 7 heavy (non-hydrogen) atoms. The van der Waals surface area contributed by atoms with E-state index in [4.69, 9.17) is 5.41 Å². The molecule has 0 unspecified atom stereocenters. The summed E-state index contributed by atoms with van der Waals surface area (Å²) < 4.78 is 0. The zero-order chi connectivity index (χ0) is 4.28. The van der Waals surface area contributed by atoms with Gasteiger partial charge in [0, 0.05) is 0 Å². The van der Waals surface area contributed by atoms with Crippen molar-refractivity contribution in [1.29, 1.82) is 5.41 Å². The van der Waals surface area contributed by atoms with Gasteiger partial charge in [-0.05, 0) is 0 Å². The zero-order valence-electron chi connectivity index (χ0n) is 4.71. The molecule has 0 amide bonds. The molecule has 0 heterocycles. The summed E-state index contributed by atoms with van der Waals surface area (Å²) in [5.74, 6) is 0. The van der Waals surface area contributed by atoms with E-state index in [1.807, 2.05) is 0 Å². The van der Waals surface area contributed by atoms with E-state index in [1.54, 1.807) is 6.92 Å². The molecule has 0 aliphatic heterocycles. The SMILES string of the molecule is C=C(C)[C-]=N.[CH3-].[U+2]. The van der Waals surface area contributed by atoms with Crippen LogP contribution in [0.1, 0.15) is 6.92 Å². The topological polar surface area (TPSA) is 23.9 Å². The van der Waals surface area contributed by atoms with Crippen molar-refractivity contribution >= 4 is 6.21 Å². The van der Waals surface area contributed by atoms with Gasteiger partial charge in [-0.2, -0.15) is 6.21 Å². The molecule has 0 atom stereocenters. The van der Waals surface area contributed by atoms with E-state index < -0.39 is 0 Å². The monoisotopic (exact) mass is 321 g/mol. The third-order valence-electron chi connectivity index (χ3n) is 0.213. The summed E-state index contributed by atoms with van der Waals surface area (Å²) in [6, 6.07) is 0. The smallest absolute Gasteiger partial charge is 0.412 e. The molecule has 0 spiro atoms. The van der Waals surface area contributed by atoms with Crippen LogP contribution in [0.2, 0.25) is 0 Å². The second kappa shape index (κ2) is 9.68. The van der Waals surface area contributed by atoms with Crippen molar-refractivity contribution in [2.45, 2.75) is 6.92 Å². The summed E-state index contributed by atoms with van der Waals surface area (Å²) in [6.07, 6.45) is 2.08. The predicted octanol–water partition coefficient (Wildman–Crippen LogP) is 1.54. The molecule has 0 fully saturated rings. The Kier molecular flexibility index (Phi) is 21.6. The molecule has 0 bridgehead atoms.